The minimum Gasteiger partial charge on any atom is -0.298 e. The number of nitrogens with zero attached hydrogens (tertiary/aromatic N) is 3. The van der Waals surface area contributed by atoms with Gasteiger partial charge in [-0.25, -0.2) is 0 Å². The zero-order valence-corrected chi connectivity index (χ0v) is 11.6. The van der Waals surface area contributed by atoms with Crippen molar-refractivity contribution in [1.29, 1.82) is 0 Å². The molecule has 0 radical (unpaired) electrons. The number of benzene rings is 1. The van der Waals surface area contributed by atoms with E-state index in [-0.39, 0.29) is 0 Å². The molecule has 0 aliphatic carbocycles. The molecule has 1 saturated heterocycles. The number of rotatable bonds is 3. The summed E-state index contributed by atoms with van der Waals surface area (Å²) in [6, 6.07) is 14.6. The summed E-state index contributed by atoms with van der Waals surface area (Å²) in [4.78, 5) is 11.3. The molecule has 3 rings (SSSR count). The molecule has 3 nitrogen and oxygen atoms in total. The molecule has 0 bridgehead atoms. The molecule has 0 amide bonds. The average molecular weight is 265 g/mol. The highest BCUT2D eigenvalue weighted by Gasteiger charge is 2.15. The van der Waals surface area contributed by atoms with Crippen molar-refractivity contribution in [3.63, 3.8) is 0 Å². The largest absolute Gasteiger partial charge is 0.298 e. The van der Waals surface area contributed by atoms with Crippen molar-refractivity contribution in [2.45, 2.75) is 19.4 Å². The molecular weight excluding hydrogens is 246 g/mol. The first kappa shape index (κ1) is 13.0. The van der Waals surface area contributed by atoms with Crippen LogP contribution in [-0.4, -0.2) is 28.7 Å². The lowest BCUT2D eigenvalue weighted by atomic mass is 10.1. The van der Waals surface area contributed by atoms with E-state index in [1.165, 1.54) is 11.3 Å². The van der Waals surface area contributed by atoms with Crippen LogP contribution in [-0.2, 0) is 6.54 Å². The molecule has 1 aromatic carbocycles. The van der Waals surface area contributed by atoms with Crippen LogP contribution in [0, 0.1) is 0 Å². The standard InChI is InChI=1S/C17H19N3/c1-2-5-15(6-3-1)14-20-11-8-16(9-12-20)19-17-7-4-10-18-13-17/h1-7,10,13H,8-9,11-12,14H2. The van der Waals surface area contributed by atoms with Gasteiger partial charge in [-0.1, -0.05) is 30.3 Å². The number of piperidine rings is 1. The summed E-state index contributed by atoms with van der Waals surface area (Å²) in [6.07, 6.45) is 5.72. The molecule has 1 aromatic heterocycles. The fourth-order valence-corrected chi connectivity index (χ4v) is 2.53. The number of pyridine rings is 1. The minimum absolute atomic E-state index is 0.971. The monoisotopic (exact) mass is 265 g/mol. The maximum absolute atomic E-state index is 4.69. The van der Waals surface area contributed by atoms with E-state index < -0.39 is 0 Å². The summed E-state index contributed by atoms with van der Waals surface area (Å²) < 4.78 is 0. The van der Waals surface area contributed by atoms with Crippen molar-refractivity contribution in [3.8, 4) is 0 Å². The van der Waals surface area contributed by atoms with Crippen LogP contribution in [0.25, 0.3) is 0 Å². The Bertz CT molecular complexity index is 553. The molecule has 0 unspecified atom stereocenters. The Morgan fingerprint density at radius 2 is 1.80 bits per heavy atom. The number of aromatic nitrogens is 1. The summed E-state index contributed by atoms with van der Waals surface area (Å²) in [5.41, 5.74) is 3.65. The van der Waals surface area contributed by atoms with Gasteiger partial charge in [-0.2, -0.15) is 0 Å². The van der Waals surface area contributed by atoms with Crippen LogP contribution in [0.4, 0.5) is 5.69 Å². The number of hydrogen-bond donors (Lipinski definition) is 0. The fourth-order valence-electron chi connectivity index (χ4n) is 2.53. The Morgan fingerprint density at radius 3 is 2.50 bits per heavy atom. The smallest absolute Gasteiger partial charge is 0.0812 e. The van der Waals surface area contributed by atoms with Crippen molar-refractivity contribution < 1.29 is 0 Å². The van der Waals surface area contributed by atoms with Crippen LogP contribution in [0.3, 0.4) is 0 Å². The van der Waals surface area contributed by atoms with Crippen molar-refractivity contribution in [2.24, 2.45) is 4.99 Å². The number of likely N-dealkylation sites (tertiary alicyclic amines) is 1. The predicted molar refractivity (Wildman–Crippen MR) is 82.3 cm³/mol. The number of aliphatic imine (C=N–C) groups is 1. The van der Waals surface area contributed by atoms with Gasteiger partial charge >= 0.3 is 0 Å². The van der Waals surface area contributed by atoms with Gasteiger partial charge in [0.2, 0.25) is 0 Å². The third kappa shape index (κ3) is 3.52. The molecule has 20 heavy (non-hydrogen) atoms. The summed E-state index contributed by atoms with van der Waals surface area (Å²) in [5.74, 6) is 0. The molecule has 1 aliphatic heterocycles. The van der Waals surface area contributed by atoms with E-state index in [1.54, 1.807) is 6.20 Å². The maximum Gasteiger partial charge on any atom is 0.0812 e. The molecule has 102 valence electrons. The zero-order chi connectivity index (χ0) is 13.6. The van der Waals surface area contributed by atoms with Gasteiger partial charge < -0.3 is 0 Å². The molecule has 0 N–H and O–H groups in total. The van der Waals surface area contributed by atoms with E-state index in [0.29, 0.717) is 0 Å². The molecule has 2 aromatic rings. The molecular formula is C17H19N3. The Hall–Kier alpha value is -2.00. The lowest BCUT2D eigenvalue weighted by Gasteiger charge is -2.27. The normalized spacial score (nSPS) is 16.1. The van der Waals surface area contributed by atoms with Crippen LogP contribution in [0.2, 0.25) is 0 Å². The summed E-state index contributed by atoms with van der Waals surface area (Å²) in [6.45, 7) is 3.23. The van der Waals surface area contributed by atoms with Crippen molar-refractivity contribution >= 4 is 11.4 Å². The van der Waals surface area contributed by atoms with Crippen LogP contribution in [0.5, 0.6) is 0 Å². The highest BCUT2D eigenvalue weighted by molar-refractivity contribution is 5.87. The van der Waals surface area contributed by atoms with Crippen molar-refractivity contribution in [2.75, 3.05) is 13.1 Å². The molecule has 0 saturated carbocycles. The topological polar surface area (TPSA) is 28.5 Å². The minimum atomic E-state index is 0.971. The Balaban J connectivity index is 1.56. The SMILES string of the molecule is c1ccc(CN2CCC(=Nc3cccnc3)CC2)cc1. The summed E-state index contributed by atoms with van der Waals surface area (Å²) in [7, 11) is 0. The van der Waals surface area contributed by atoms with E-state index in [2.05, 4.69) is 45.2 Å². The highest BCUT2D eigenvalue weighted by Crippen LogP contribution is 2.16. The molecule has 2 heterocycles. The third-order valence-electron chi connectivity index (χ3n) is 3.62. The van der Waals surface area contributed by atoms with Gasteiger partial charge in [0.1, 0.15) is 0 Å². The predicted octanol–water partition coefficient (Wildman–Crippen LogP) is 3.45. The van der Waals surface area contributed by atoms with Gasteiger partial charge in [0.05, 0.1) is 11.9 Å². The van der Waals surface area contributed by atoms with Gasteiger partial charge in [-0.3, -0.25) is 14.9 Å². The first-order valence-corrected chi connectivity index (χ1v) is 7.13. The van der Waals surface area contributed by atoms with Gasteiger partial charge in [0.25, 0.3) is 0 Å². The Kier molecular flexibility index (Phi) is 4.19. The lowest BCUT2D eigenvalue weighted by molar-refractivity contribution is 0.266. The van der Waals surface area contributed by atoms with Crippen LogP contribution < -0.4 is 0 Å². The molecule has 1 aliphatic rings. The van der Waals surface area contributed by atoms with Gasteiger partial charge in [0.15, 0.2) is 0 Å². The van der Waals surface area contributed by atoms with E-state index in [1.807, 2.05) is 18.3 Å². The third-order valence-corrected chi connectivity index (χ3v) is 3.62. The lowest BCUT2D eigenvalue weighted by Crippen LogP contribution is -2.33. The average Bonchev–Trinajstić information content (AvgIpc) is 2.51. The van der Waals surface area contributed by atoms with E-state index in [0.717, 1.165) is 38.2 Å². The van der Waals surface area contributed by atoms with Gasteiger partial charge in [-0.15, -0.1) is 0 Å². The fraction of sp³-hybridized carbons (Fsp3) is 0.294. The zero-order valence-electron chi connectivity index (χ0n) is 11.6. The molecule has 1 fully saturated rings. The van der Waals surface area contributed by atoms with Crippen molar-refractivity contribution in [3.05, 3.63) is 60.4 Å². The second-order valence-electron chi connectivity index (χ2n) is 5.15. The van der Waals surface area contributed by atoms with E-state index >= 15 is 0 Å². The summed E-state index contributed by atoms with van der Waals surface area (Å²) >= 11 is 0. The Labute approximate surface area is 120 Å². The van der Waals surface area contributed by atoms with Crippen LogP contribution in [0.15, 0.2) is 59.9 Å². The summed E-state index contributed by atoms with van der Waals surface area (Å²) in [5, 5.41) is 0. The molecule has 3 heteroatoms. The number of hydrogen-bond acceptors (Lipinski definition) is 3. The van der Waals surface area contributed by atoms with E-state index in [4.69, 9.17) is 0 Å². The maximum atomic E-state index is 4.69. The van der Waals surface area contributed by atoms with E-state index in [9.17, 15) is 0 Å². The van der Waals surface area contributed by atoms with Crippen LogP contribution in [0.1, 0.15) is 18.4 Å². The van der Waals surface area contributed by atoms with Gasteiger partial charge in [0, 0.05) is 31.5 Å². The van der Waals surface area contributed by atoms with Crippen LogP contribution >= 0.6 is 0 Å². The second kappa shape index (κ2) is 6.44. The highest BCUT2D eigenvalue weighted by atomic mass is 15.1. The first-order chi connectivity index (χ1) is 9.90. The quantitative estimate of drug-likeness (QED) is 0.850. The first-order valence-electron chi connectivity index (χ1n) is 7.13. The Morgan fingerprint density at radius 1 is 1.00 bits per heavy atom. The van der Waals surface area contributed by atoms with Gasteiger partial charge in [-0.05, 0) is 30.5 Å². The second-order valence-corrected chi connectivity index (χ2v) is 5.15. The molecule has 0 atom stereocenters. The molecule has 0 spiro atoms. The van der Waals surface area contributed by atoms with Crippen molar-refractivity contribution in [1.82, 2.24) is 9.88 Å².